The van der Waals surface area contributed by atoms with E-state index in [1.54, 1.807) is 0 Å². The molecule has 0 spiro atoms. The van der Waals surface area contributed by atoms with E-state index < -0.39 is 0 Å². The zero-order valence-electron chi connectivity index (χ0n) is 12.6. The number of fused-ring (bicyclic) bond motifs is 1. The van der Waals surface area contributed by atoms with Crippen molar-refractivity contribution in [1.29, 1.82) is 0 Å². The minimum Gasteiger partial charge on any atom is -0.340 e. The monoisotopic (exact) mass is 284 g/mol. The van der Waals surface area contributed by atoms with Gasteiger partial charge in [-0.1, -0.05) is 31.4 Å². The summed E-state index contributed by atoms with van der Waals surface area (Å²) in [6.07, 6.45) is 7.10. The topological polar surface area (TPSA) is 35.2 Å². The van der Waals surface area contributed by atoms with Crippen LogP contribution in [0.1, 0.15) is 32.1 Å². The van der Waals surface area contributed by atoms with Gasteiger partial charge in [-0.15, -0.1) is 0 Å². The predicted octanol–water partition coefficient (Wildman–Crippen LogP) is 3.02. The molecule has 0 radical (unpaired) electrons. The number of H-pyrrole nitrogens is 1. The van der Waals surface area contributed by atoms with Crippen LogP contribution in [-0.4, -0.2) is 47.1 Å². The Morgan fingerprint density at radius 1 is 0.952 bits per heavy atom. The predicted molar refractivity (Wildman–Crippen MR) is 86.8 cm³/mol. The Balaban J connectivity index is 1.42. The van der Waals surface area contributed by atoms with Crippen molar-refractivity contribution in [3.8, 4) is 0 Å². The average molecular weight is 284 g/mol. The first-order valence-electron chi connectivity index (χ1n) is 8.34. The van der Waals surface area contributed by atoms with E-state index >= 15 is 0 Å². The Morgan fingerprint density at radius 3 is 2.48 bits per heavy atom. The van der Waals surface area contributed by atoms with Gasteiger partial charge in [0.05, 0.1) is 11.0 Å². The van der Waals surface area contributed by atoms with Crippen molar-refractivity contribution in [3.05, 3.63) is 24.3 Å². The molecule has 4 nitrogen and oxygen atoms in total. The molecule has 0 unspecified atom stereocenters. The van der Waals surface area contributed by atoms with Gasteiger partial charge in [-0.3, -0.25) is 4.90 Å². The second kappa shape index (κ2) is 5.68. The van der Waals surface area contributed by atoms with Gasteiger partial charge in [0.25, 0.3) is 0 Å². The van der Waals surface area contributed by atoms with E-state index in [0.717, 1.165) is 36.1 Å². The van der Waals surface area contributed by atoms with Gasteiger partial charge in [0, 0.05) is 32.2 Å². The van der Waals surface area contributed by atoms with Crippen molar-refractivity contribution in [2.75, 3.05) is 31.1 Å². The Labute approximate surface area is 126 Å². The lowest BCUT2D eigenvalue weighted by Crippen LogP contribution is -2.51. The van der Waals surface area contributed by atoms with Crippen LogP contribution in [0.3, 0.4) is 0 Å². The molecule has 0 atom stereocenters. The van der Waals surface area contributed by atoms with Gasteiger partial charge in [-0.05, 0) is 25.0 Å². The van der Waals surface area contributed by atoms with Crippen LogP contribution >= 0.6 is 0 Å². The van der Waals surface area contributed by atoms with E-state index in [1.807, 2.05) is 6.07 Å². The molecular formula is C17H24N4. The summed E-state index contributed by atoms with van der Waals surface area (Å²) >= 11 is 0. The fourth-order valence-electron chi connectivity index (χ4n) is 3.83. The SMILES string of the molecule is c1ccc2[nH]c(N3CCN(C4CCCCC4)CC3)nc2c1. The van der Waals surface area contributed by atoms with Crippen LogP contribution in [0.2, 0.25) is 0 Å². The van der Waals surface area contributed by atoms with Crippen LogP contribution in [0, 0.1) is 0 Å². The molecule has 0 amide bonds. The summed E-state index contributed by atoms with van der Waals surface area (Å²) < 4.78 is 0. The number of aromatic nitrogens is 2. The van der Waals surface area contributed by atoms with Gasteiger partial charge in [0.2, 0.25) is 5.95 Å². The third-order valence-electron chi connectivity index (χ3n) is 5.08. The van der Waals surface area contributed by atoms with Crippen LogP contribution in [0.4, 0.5) is 5.95 Å². The van der Waals surface area contributed by atoms with Gasteiger partial charge in [0.15, 0.2) is 0 Å². The van der Waals surface area contributed by atoms with Crippen molar-refractivity contribution < 1.29 is 0 Å². The Kier molecular flexibility index (Phi) is 3.55. The van der Waals surface area contributed by atoms with E-state index in [1.165, 1.54) is 45.2 Å². The number of nitrogens with one attached hydrogen (secondary N) is 1. The zero-order valence-corrected chi connectivity index (χ0v) is 12.6. The normalized spacial score (nSPS) is 22.0. The molecule has 4 rings (SSSR count). The second-order valence-corrected chi connectivity index (χ2v) is 6.39. The third-order valence-corrected chi connectivity index (χ3v) is 5.08. The van der Waals surface area contributed by atoms with E-state index in [2.05, 4.69) is 33.0 Å². The number of hydrogen-bond donors (Lipinski definition) is 1. The highest BCUT2D eigenvalue weighted by molar-refractivity contribution is 5.77. The highest BCUT2D eigenvalue weighted by Crippen LogP contribution is 2.25. The molecule has 4 heteroatoms. The largest absolute Gasteiger partial charge is 0.340 e. The van der Waals surface area contributed by atoms with E-state index in [9.17, 15) is 0 Å². The molecule has 1 saturated carbocycles. The van der Waals surface area contributed by atoms with E-state index in [4.69, 9.17) is 4.98 Å². The third kappa shape index (κ3) is 2.64. The lowest BCUT2D eigenvalue weighted by atomic mass is 9.94. The van der Waals surface area contributed by atoms with E-state index in [0.29, 0.717) is 0 Å². The summed E-state index contributed by atoms with van der Waals surface area (Å²) in [6, 6.07) is 9.13. The average Bonchev–Trinajstić information content (AvgIpc) is 3.00. The minimum atomic E-state index is 0.844. The molecule has 1 aliphatic heterocycles. The number of anilines is 1. The Bertz CT molecular complexity index is 559. The van der Waals surface area contributed by atoms with Gasteiger partial charge in [0.1, 0.15) is 0 Å². The highest BCUT2D eigenvalue weighted by Gasteiger charge is 2.26. The van der Waals surface area contributed by atoms with Crippen molar-refractivity contribution >= 4 is 17.0 Å². The first-order valence-corrected chi connectivity index (χ1v) is 8.34. The lowest BCUT2D eigenvalue weighted by Gasteiger charge is -2.40. The van der Waals surface area contributed by atoms with Crippen LogP contribution in [0.15, 0.2) is 24.3 Å². The number of nitrogens with zero attached hydrogens (tertiary/aromatic N) is 3. The first-order chi connectivity index (χ1) is 10.4. The molecule has 21 heavy (non-hydrogen) atoms. The molecule has 0 bridgehead atoms. The number of hydrogen-bond acceptors (Lipinski definition) is 3. The molecule has 1 N–H and O–H groups in total. The fourth-order valence-corrected chi connectivity index (χ4v) is 3.83. The number of para-hydroxylation sites is 2. The molecule has 1 aromatic heterocycles. The molecule has 2 heterocycles. The maximum atomic E-state index is 4.73. The van der Waals surface area contributed by atoms with Crippen LogP contribution in [0.25, 0.3) is 11.0 Å². The summed E-state index contributed by atoms with van der Waals surface area (Å²) in [7, 11) is 0. The number of benzene rings is 1. The molecule has 112 valence electrons. The maximum absolute atomic E-state index is 4.73. The molecule has 2 aromatic rings. The molecular weight excluding hydrogens is 260 g/mol. The minimum absolute atomic E-state index is 0.844. The Hall–Kier alpha value is -1.55. The summed E-state index contributed by atoms with van der Waals surface area (Å²) in [6.45, 7) is 4.55. The molecule has 1 aromatic carbocycles. The maximum Gasteiger partial charge on any atom is 0.203 e. The summed E-state index contributed by atoms with van der Waals surface area (Å²) in [5.74, 6) is 1.04. The quantitative estimate of drug-likeness (QED) is 0.920. The molecule has 1 saturated heterocycles. The zero-order chi connectivity index (χ0) is 14.1. The fraction of sp³-hybridized carbons (Fsp3) is 0.588. The molecule has 1 aliphatic carbocycles. The van der Waals surface area contributed by atoms with Gasteiger partial charge in [-0.25, -0.2) is 4.98 Å². The summed E-state index contributed by atoms with van der Waals surface area (Å²) in [5.41, 5.74) is 2.21. The van der Waals surface area contributed by atoms with Crippen molar-refractivity contribution in [2.45, 2.75) is 38.1 Å². The van der Waals surface area contributed by atoms with E-state index in [-0.39, 0.29) is 0 Å². The van der Waals surface area contributed by atoms with Gasteiger partial charge >= 0.3 is 0 Å². The number of piperazine rings is 1. The lowest BCUT2D eigenvalue weighted by molar-refractivity contribution is 0.147. The van der Waals surface area contributed by atoms with Crippen LogP contribution in [-0.2, 0) is 0 Å². The standard InChI is InChI=1S/C17H24N4/c1-2-6-14(7-3-1)20-10-12-21(13-11-20)17-18-15-8-4-5-9-16(15)19-17/h4-5,8-9,14H,1-3,6-7,10-13H2,(H,18,19). The second-order valence-electron chi connectivity index (χ2n) is 6.39. The first kappa shape index (κ1) is 13.1. The summed E-state index contributed by atoms with van der Waals surface area (Å²) in [5, 5.41) is 0. The molecule has 2 fully saturated rings. The van der Waals surface area contributed by atoms with Gasteiger partial charge < -0.3 is 9.88 Å². The van der Waals surface area contributed by atoms with Crippen LogP contribution in [0.5, 0.6) is 0 Å². The summed E-state index contributed by atoms with van der Waals surface area (Å²) in [4.78, 5) is 13.3. The van der Waals surface area contributed by atoms with Crippen molar-refractivity contribution in [3.63, 3.8) is 0 Å². The van der Waals surface area contributed by atoms with Crippen molar-refractivity contribution in [2.24, 2.45) is 0 Å². The highest BCUT2D eigenvalue weighted by atomic mass is 15.3. The van der Waals surface area contributed by atoms with Crippen molar-refractivity contribution in [1.82, 2.24) is 14.9 Å². The van der Waals surface area contributed by atoms with Crippen LogP contribution < -0.4 is 4.90 Å². The molecule has 2 aliphatic rings. The number of rotatable bonds is 2. The van der Waals surface area contributed by atoms with Gasteiger partial charge in [-0.2, -0.15) is 0 Å². The smallest absolute Gasteiger partial charge is 0.203 e. The number of aromatic amines is 1. The Morgan fingerprint density at radius 2 is 1.71 bits per heavy atom. The number of imidazole rings is 1.